The molecular weight excluding hydrogens is 264 g/mol. The number of carbonyl (C=O) groups is 2. The van der Waals surface area contributed by atoms with Crippen LogP contribution in [0.4, 0.5) is 0 Å². The summed E-state index contributed by atoms with van der Waals surface area (Å²) in [5, 5.41) is 0. The molecule has 0 atom stereocenters. The van der Waals surface area contributed by atoms with Gasteiger partial charge in [0, 0.05) is 25.6 Å². The molecule has 0 heterocycles. The summed E-state index contributed by atoms with van der Waals surface area (Å²) in [7, 11) is 0. The van der Waals surface area contributed by atoms with Crippen LogP contribution in [0.3, 0.4) is 0 Å². The second-order valence-corrected chi connectivity index (χ2v) is 5.62. The Balaban J connectivity index is 2.05. The van der Waals surface area contributed by atoms with Crippen molar-refractivity contribution < 1.29 is 9.59 Å². The molecule has 1 aromatic rings. The Morgan fingerprint density at radius 2 is 1.95 bits per heavy atom. The lowest BCUT2D eigenvalue weighted by Crippen LogP contribution is -2.32. The molecule has 0 bridgehead atoms. The van der Waals surface area contributed by atoms with Crippen LogP contribution in [0.5, 0.6) is 0 Å². The van der Waals surface area contributed by atoms with Crippen LogP contribution in [0, 0.1) is 5.92 Å². The zero-order chi connectivity index (χ0) is 15.2. The summed E-state index contributed by atoms with van der Waals surface area (Å²) in [5.74, 6) is 0.150. The first-order chi connectivity index (χ1) is 10.1. The normalized spacial score (nSPS) is 14.8. The van der Waals surface area contributed by atoms with Crippen molar-refractivity contribution in [3.8, 4) is 0 Å². The highest BCUT2D eigenvalue weighted by Gasteiger charge is 2.24. The fraction of sp³-hybridized carbons (Fsp3) is 0.412. The van der Waals surface area contributed by atoms with Crippen molar-refractivity contribution in [3.63, 3.8) is 0 Å². The van der Waals surface area contributed by atoms with Crippen LogP contribution < -0.4 is 5.73 Å². The molecular formula is C17H22N2O2. The Bertz CT molecular complexity index is 533. The lowest BCUT2D eigenvalue weighted by Gasteiger charge is -2.21. The number of carbonyl (C=O) groups excluding carboxylic acids is 2. The molecule has 2 N–H and O–H groups in total. The average Bonchev–Trinajstić information content (AvgIpc) is 3.28. The monoisotopic (exact) mass is 286 g/mol. The van der Waals surface area contributed by atoms with Gasteiger partial charge in [0.1, 0.15) is 0 Å². The first kappa shape index (κ1) is 15.3. The lowest BCUT2D eigenvalue weighted by atomic mass is 10.1. The van der Waals surface area contributed by atoms with Crippen LogP contribution in [-0.2, 0) is 16.1 Å². The molecule has 112 valence electrons. The second kappa shape index (κ2) is 7.07. The van der Waals surface area contributed by atoms with Gasteiger partial charge in [0.25, 0.3) is 0 Å². The number of amides is 2. The highest BCUT2D eigenvalue weighted by atomic mass is 16.2. The number of primary amides is 1. The minimum atomic E-state index is -0.385. The van der Waals surface area contributed by atoms with Crippen molar-refractivity contribution >= 4 is 11.8 Å². The lowest BCUT2D eigenvalue weighted by molar-refractivity contribution is -0.127. The second-order valence-electron chi connectivity index (χ2n) is 5.62. The van der Waals surface area contributed by atoms with Crippen molar-refractivity contribution in [1.82, 2.24) is 4.90 Å². The van der Waals surface area contributed by atoms with Crippen molar-refractivity contribution in [2.75, 3.05) is 6.54 Å². The molecule has 0 unspecified atom stereocenters. The van der Waals surface area contributed by atoms with Gasteiger partial charge in [-0.05, 0) is 31.2 Å². The van der Waals surface area contributed by atoms with Gasteiger partial charge in [0.15, 0.2) is 0 Å². The van der Waals surface area contributed by atoms with Crippen molar-refractivity contribution in [1.29, 1.82) is 0 Å². The molecule has 4 heteroatoms. The maximum absolute atomic E-state index is 12.4. The first-order valence-corrected chi connectivity index (χ1v) is 7.35. The highest BCUT2D eigenvalue weighted by molar-refractivity contribution is 5.88. The van der Waals surface area contributed by atoms with Gasteiger partial charge in [0.05, 0.1) is 0 Å². The smallest absolute Gasteiger partial charge is 0.246 e. The molecule has 0 spiro atoms. The fourth-order valence-corrected chi connectivity index (χ4v) is 2.26. The van der Waals surface area contributed by atoms with Gasteiger partial charge in [-0.25, -0.2) is 0 Å². The fourth-order valence-electron chi connectivity index (χ4n) is 2.26. The third kappa shape index (κ3) is 5.06. The van der Waals surface area contributed by atoms with E-state index < -0.39 is 0 Å². The average molecular weight is 286 g/mol. The molecule has 21 heavy (non-hydrogen) atoms. The van der Waals surface area contributed by atoms with Crippen LogP contribution in [0.1, 0.15) is 31.7 Å². The maximum atomic E-state index is 12.4. The van der Waals surface area contributed by atoms with E-state index in [1.54, 1.807) is 11.0 Å². The number of rotatable bonds is 7. The van der Waals surface area contributed by atoms with E-state index in [2.05, 4.69) is 0 Å². The molecule has 4 nitrogen and oxygen atoms in total. The van der Waals surface area contributed by atoms with E-state index in [-0.39, 0.29) is 18.2 Å². The highest BCUT2D eigenvalue weighted by Crippen LogP contribution is 2.36. The molecule has 1 fully saturated rings. The molecule has 1 aliphatic carbocycles. The van der Waals surface area contributed by atoms with Gasteiger partial charge < -0.3 is 10.6 Å². The van der Waals surface area contributed by atoms with Gasteiger partial charge >= 0.3 is 0 Å². The van der Waals surface area contributed by atoms with Crippen LogP contribution in [0.15, 0.2) is 42.0 Å². The Kier molecular flexibility index (Phi) is 5.14. The van der Waals surface area contributed by atoms with Crippen LogP contribution in [0.25, 0.3) is 0 Å². The van der Waals surface area contributed by atoms with Gasteiger partial charge in [-0.1, -0.05) is 35.9 Å². The molecule has 0 aromatic heterocycles. The number of nitrogens with two attached hydrogens (primary N) is 1. The predicted molar refractivity (Wildman–Crippen MR) is 82.2 cm³/mol. The number of allylic oxidation sites excluding steroid dienone is 1. The van der Waals surface area contributed by atoms with Crippen LogP contribution >= 0.6 is 0 Å². The first-order valence-electron chi connectivity index (χ1n) is 7.35. The van der Waals surface area contributed by atoms with Crippen LogP contribution in [-0.4, -0.2) is 23.3 Å². The minimum Gasteiger partial charge on any atom is -0.370 e. The minimum absolute atomic E-state index is 0.0375. The molecule has 2 rings (SSSR count). The van der Waals surface area contributed by atoms with Gasteiger partial charge in [-0.3, -0.25) is 9.59 Å². The largest absolute Gasteiger partial charge is 0.370 e. The number of nitrogens with zero attached hydrogens (tertiary/aromatic N) is 1. The molecule has 2 amide bonds. The molecule has 1 aliphatic rings. The van der Waals surface area contributed by atoms with E-state index >= 15 is 0 Å². The third-order valence-corrected chi connectivity index (χ3v) is 3.73. The summed E-state index contributed by atoms with van der Waals surface area (Å²) >= 11 is 0. The molecule has 1 aromatic carbocycles. The van der Waals surface area contributed by atoms with Gasteiger partial charge in [-0.2, -0.15) is 0 Å². The summed E-state index contributed by atoms with van der Waals surface area (Å²) in [4.78, 5) is 25.1. The van der Waals surface area contributed by atoms with Gasteiger partial charge in [-0.15, -0.1) is 0 Å². The van der Waals surface area contributed by atoms with Crippen LogP contribution in [0.2, 0.25) is 0 Å². The molecule has 1 saturated carbocycles. The Morgan fingerprint density at radius 3 is 2.52 bits per heavy atom. The van der Waals surface area contributed by atoms with Crippen molar-refractivity contribution in [3.05, 3.63) is 47.5 Å². The predicted octanol–water partition coefficient (Wildman–Crippen LogP) is 2.25. The molecule has 0 saturated heterocycles. The third-order valence-electron chi connectivity index (χ3n) is 3.73. The van der Waals surface area contributed by atoms with E-state index in [9.17, 15) is 9.59 Å². The SMILES string of the molecule is C/C(=C\C(=O)N(CCC(N)=O)Cc1ccccc1)C1CC1. The summed E-state index contributed by atoms with van der Waals surface area (Å²) < 4.78 is 0. The van der Waals surface area contributed by atoms with E-state index in [1.807, 2.05) is 37.3 Å². The summed E-state index contributed by atoms with van der Waals surface area (Å²) in [6, 6.07) is 9.77. The Hall–Kier alpha value is -2.10. The van der Waals surface area contributed by atoms with E-state index in [4.69, 9.17) is 5.73 Å². The van der Waals surface area contributed by atoms with Crippen molar-refractivity contribution in [2.24, 2.45) is 11.7 Å². The quantitative estimate of drug-likeness (QED) is 0.781. The van der Waals surface area contributed by atoms with E-state index in [1.165, 1.54) is 12.8 Å². The number of hydrogen-bond acceptors (Lipinski definition) is 2. The van der Waals surface area contributed by atoms with Crippen molar-refractivity contribution in [2.45, 2.75) is 32.7 Å². The zero-order valence-corrected chi connectivity index (χ0v) is 12.4. The molecule has 0 radical (unpaired) electrons. The topological polar surface area (TPSA) is 63.4 Å². The number of hydrogen-bond donors (Lipinski definition) is 1. The van der Waals surface area contributed by atoms with Gasteiger partial charge in [0.2, 0.25) is 11.8 Å². The maximum Gasteiger partial charge on any atom is 0.246 e. The van der Waals surface area contributed by atoms with E-state index in [0.717, 1.165) is 11.1 Å². The zero-order valence-electron chi connectivity index (χ0n) is 12.4. The summed E-state index contributed by atoms with van der Waals surface area (Å²) in [6.45, 7) is 2.86. The Labute approximate surface area is 125 Å². The molecule has 0 aliphatic heterocycles. The van der Waals surface area contributed by atoms with E-state index in [0.29, 0.717) is 19.0 Å². The Morgan fingerprint density at radius 1 is 1.29 bits per heavy atom. The standard InChI is InChI=1S/C17H22N2O2/c1-13(15-7-8-15)11-17(21)19(10-9-16(18)20)12-14-5-3-2-4-6-14/h2-6,11,15H,7-10,12H2,1H3,(H2,18,20)/b13-11+. The summed E-state index contributed by atoms with van der Waals surface area (Å²) in [6.07, 6.45) is 4.25. The number of benzene rings is 1. The summed E-state index contributed by atoms with van der Waals surface area (Å²) in [5.41, 5.74) is 7.39.